The first kappa shape index (κ1) is 29.5. The van der Waals surface area contributed by atoms with E-state index in [1.165, 1.54) is 12.1 Å². The number of hydrogen-bond acceptors (Lipinski definition) is 9. The Balaban J connectivity index is 1.47. The highest BCUT2D eigenvalue weighted by Gasteiger charge is 2.25. The summed E-state index contributed by atoms with van der Waals surface area (Å²) in [5.74, 6) is -2.00. The maximum Gasteiger partial charge on any atom is 0.337 e. The quantitative estimate of drug-likeness (QED) is 0.128. The smallest absolute Gasteiger partial charge is 0.337 e. The fourth-order valence-electron chi connectivity index (χ4n) is 4.19. The summed E-state index contributed by atoms with van der Waals surface area (Å²) in [6, 6.07) is 18.8. The van der Waals surface area contributed by atoms with E-state index in [4.69, 9.17) is 21.1 Å². The monoisotopic (exact) mass is 580 g/mol. The third-order valence-corrected chi connectivity index (χ3v) is 6.51. The SMILES string of the molecule is CCCC(=O)OCOC(=O)[C@H](O)C[C@@H](Cc1ccc(-c2cccc(Cl)c2)cc1)NC(=O)c1ccc2nnn(O)c2c1. The number of aliphatic hydroxyl groups is 1. The molecule has 0 aliphatic rings. The van der Waals surface area contributed by atoms with Crippen LogP contribution in [0.3, 0.4) is 0 Å². The molecule has 4 rings (SSSR count). The van der Waals surface area contributed by atoms with Gasteiger partial charge in [0, 0.05) is 29.5 Å². The lowest BCUT2D eigenvalue weighted by molar-refractivity contribution is -0.173. The molecule has 11 nitrogen and oxygen atoms in total. The highest BCUT2D eigenvalue weighted by Crippen LogP contribution is 2.24. The fraction of sp³-hybridized carbons (Fsp3) is 0.276. The maximum atomic E-state index is 13.1. The summed E-state index contributed by atoms with van der Waals surface area (Å²) in [4.78, 5) is 37.6. The molecule has 0 saturated heterocycles. The highest BCUT2D eigenvalue weighted by molar-refractivity contribution is 6.30. The minimum Gasteiger partial charge on any atom is -0.428 e. The number of esters is 2. The van der Waals surface area contributed by atoms with Gasteiger partial charge in [0.15, 0.2) is 6.10 Å². The molecule has 41 heavy (non-hydrogen) atoms. The summed E-state index contributed by atoms with van der Waals surface area (Å²) < 4.78 is 9.70. The average Bonchev–Trinajstić information content (AvgIpc) is 3.33. The predicted molar refractivity (Wildman–Crippen MR) is 149 cm³/mol. The van der Waals surface area contributed by atoms with Crippen LogP contribution in [0.25, 0.3) is 22.2 Å². The number of hydrogen-bond donors (Lipinski definition) is 3. The Morgan fingerprint density at radius 3 is 2.54 bits per heavy atom. The van der Waals surface area contributed by atoms with Crippen molar-refractivity contribution in [2.24, 2.45) is 0 Å². The van der Waals surface area contributed by atoms with Gasteiger partial charge in [0.05, 0.1) is 0 Å². The number of halogens is 1. The summed E-state index contributed by atoms with van der Waals surface area (Å²) in [7, 11) is 0. The Morgan fingerprint density at radius 2 is 1.80 bits per heavy atom. The molecule has 3 aromatic carbocycles. The van der Waals surface area contributed by atoms with Crippen molar-refractivity contribution in [3.63, 3.8) is 0 Å². The van der Waals surface area contributed by atoms with E-state index in [1.54, 1.807) is 12.1 Å². The van der Waals surface area contributed by atoms with Crippen LogP contribution >= 0.6 is 11.6 Å². The van der Waals surface area contributed by atoms with E-state index in [-0.39, 0.29) is 30.3 Å². The lowest BCUT2D eigenvalue weighted by atomic mass is 9.97. The van der Waals surface area contributed by atoms with E-state index in [0.29, 0.717) is 21.8 Å². The van der Waals surface area contributed by atoms with Gasteiger partial charge in [-0.15, -0.1) is 5.10 Å². The Labute approximate surface area is 240 Å². The number of nitrogens with zero attached hydrogens (tertiary/aromatic N) is 3. The molecule has 2 atom stereocenters. The Morgan fingerprint density at radius 1 is 1.02 bits per heavy atom. The number of nitrogens with one attached hydrogen (secondary N) is 1. The van der Waals surface area contributed by atoms with Crippen LogP contribution < -0.4 is 5.32 Å². The number of carbonyl (C=O) groups is 3. The first-order valence-electron chi connectivity index (χ1n) is 12.9. The molecular weight excluding hydrogens is 552 g/mol. The van der Waals surface area contributed by atoms with E-state index in [1.807, 2.05) is 49.4 Å². The molecule has 12 heteroatoms. The summed E-state index contributed by atoms with van der Waals surface area (Å²) in [6.07, 6.45) is -0.726. The van der Waals surface area contributed by atoms with E-state index in [0.717, 1.165) is 16.7 Å². The summed E-state index contributed by atoms with van der Waals surface area (Å²) >= 11 is 6.11. The largest absolute Gasteiger partial charge is 0.428 e. The number of aromatic nitrogens is 3. The Bertz CT molecular complexity index is 1520. The van der Waals surface area contributed by atoms with Crippen molar-refractivity contribution in [2.45, 2.75) is 44.8 Å². The molecule has 0 spiro atoms. The summed E-state index contributed by atoms with van der Waals surface area (Å²) in [5.41, 5.74) is 3.59. The van der Waals surface area contributed by atoms with Gasteiger partial charge in [0.25, 0.3) is 5.91 Å². The molecular formula is C29H29ClN4O7. The standard InChI is InChI=1S/C29H29ClN4O7/c1-2-4-27(36)40-17-41-29(38)26(35)16-23(31-28(37)21-11-12-24-25(15-21)34(39)33-32-24)13-18-7-9-19(10-8-18)20-5-3-6-22(30)14-20/h3,5-12,14-15,23,26,35,39H,2,4,13,16-17H2,1H3,(H,31,37)/t23-,26-/m1/s1. The third kappa shape index (κ3) is 8.03. The molecule has 0 fully saturated rings. The normalized spacial score (nSPS) is 12.5. The molecule has 0 radical (unpaired) electrons. The fourth-order valence-corrected chi connectivity index (χ4v) is 4.38. The number of carbonyl (C=O) groups excluding carboxylic acids is 3. The van der Waals surface area contributed by atoms with Crippen LogP contribution in [0.1, 0.15) is 42.1 Å². The molecule has 0 unspecified atom stereocenters. The first-order valence-corrected chi connectivity index (χ1v) is 13.3. The van der Waals surface area contributed by atoms with Crippen molar-refractivity contribution in [3.05, 3.63) is 82.9 Å². The van der Waals surface area contributed by atoms with Crippen LogP contribution in [0.4, 0.5) is 0 Å². The zero-order valence-electron chi connectivity index (χ0n) is 22.2. The van der Waals surface area contributed by atoms with Crippen LogP contribution in [0.5, 0.6) is 0 Å². The lowest BCUT2D eigenvalue weighted by Crippen LogP contribution is -2.41. The third-order valence-electron chi connectivity index (χ3n) is 6.27. The molecule has 4 aromatic rings. The van der Waals surface area contributed by atoms with E-state index in [9.17, 15) is 24.7 Å². The van der Waals surface area contributed by atoms with Crippen LogP contribution in [0.2, 0.25) is 5.02 Å². The molecule has 0 saturated carbocycles. The van der Waals surface area contributed by atoms with Crippen LogP contribution in [-0.2, 0) is 25.5 Å². The molecule has 1 amide bonds. The molecule has 0 aliphatic carbocycles. The molecule has 0 aliphatic heterocycles. The number of fused-ring (bicyclic) bond motifs is 1. The van der Waals surface area contributed by atoms with Gasteiger partial charge in [-0.05, 0) is 65.1 Å². The average molecular weight is 581 g/mol. The molecule has 1 heterocycles. The zero-order chi connectivity index (χ0) is 29.4. The molecule has 0 bridgehead atoms. The van der Waals surface area contributed by atoms with Gasteiger partial charge in [-0.3, -0.25) is 9.59 Å². The minimum atomic E-state index is -1.60. The van der Waals surface area contributed by atoms with E-state index in [2.05, 4.69) is 15.6 Å². The minimum absolute atomic E-state index is 0.175. The Kier molecular flexibility index (Phi) is 9.88. The van der Waals surface area contributed by atoms with Crippen molar-refractivity contribution < 1.29 is 34.2 Å². The van der Waals surface area contributed by atoms with Crippen molar-refractivity contribution in [1.29, 1.82) is 0 Å². The number of rotatable bonds is 12. The molecule has 3 N–H and O–H groups in total. The lowest BCUT2D eigenvalue weighted by Gasteiger charge is -2.21. The van der Waals surface area contributed by atoms with Gasteiger partial charge in [0.2, 0.25) is 6.79 Å². The second-order valence-corrected chi connectivity index (χ2v) is 9.80. The van der Waals surface area contributed by atoms with Crippen molar-refractivity contribution in [2.75, 3.05) is 6.79 Å². The Hall–Kier alpha value is -4.48. The summed E-state index contributed by atoms with van der Waals surface area (Å²) in [5, 5.41) is 31.1. The van der Waals surface area contributed by atoms with E-state index < -0.39 is 36.8 Å². The number of ether oxygens (including phenoxy) is 2. The number of benzene rings is 3. The predicted octanol–water partition coefficient (Wildman–Crippen LogP) is 3.93. The van der Waals surface area contributed by atoms with Crippen LogP contribution in [0, 0.1) is 0 Å². The topological polar surface area (TPSA) is 153 Å². The second kappa shape index (κ2) is 13.7. The van der Waals surface area contributed by atoms with E-state index >= 15 is 0 Å². The second-order valence-electron chi connectivity index (χ2n) is 9.36. The van der Waals surface area contributed by atoms with Gasteiger partial charge in [-0.1, -0.05) is 59.8 Å². The number of aliphatic hydroxyl groups excluding tert-OH is 1. The van der Waals surface area contributed by atoms with Crippen LogP contribution in [0.15, 0.2) is 66.7 Å². The van der Waals surface area contributed by atoms with Gasteiger partial charge in [0.1, 0.15) is 11.0 Å². The molecule has 1 aromatic heterocycles. The summed E-state index contributed by atoms with van der Waals surface area (Å²) in [6.45, 7) is 1.20. The zero-order valence-corrected chi connectivity index (χ0v) is 23.0. The molecule has 214 valence electrons. The van der Waals surface area contributed by atoms with Crippen LogP contribution in [-0.4, -0.2) is 62.3 Å². The van der Waals surface area contributed by atoms with Gasteiger partial charge in [-0.25, -0.2) is 4.79 Å². The number of amides is 1. The van der Waals surface area contributed by atoms with Crippen molar-refractivity contribution >= 4 is 40.5 Å². The van der Waals surface area contributed by atoms with Gasteiger partial charge >= 0.3 is 11.9 Å². The first-order chi connectivity index (χ1) is 19.7. The van der Waals surface area contributed by atoms with Crippen molar-refractivity contribution in [1.82, 2.24) is 20.5 Å². The van der Waals surface area contributed by atoms with Crippen molar-refractivity contribution in [3.8, 4) is 11.1 Å². The maximum absolute atomic E-state index is 13.1. The van der Waals surface area contributed by atoms with Gasteiger partial charge < -0.3 is 25.1 Å². The highest BCUT2D eigenvalue weighted by atomic mass is 35.5. The van der Waals surface area contributed by atoms with Gasteiger partial charge in [-0.2, -0.15) is 0 Å².